The molecule has 0 fully saturated rings. The van der Waals surface area contributed by atoms with Crippen LogP contribution in [0.3, 0.4) is 0 Å². The zero-order chi connectivity index (χ0) is 13.4. The smallest absolute Gasteiger partial charge is 0.0573 e. The Morgan fingerprint density at radius 2 is 2.17 bits per heavy atom. The van der Waals surface area contributed by atoms with Gasteiger partial charge in [0, 0.05) is 22.4 Å². The number of thioether (sulfide) groups is 1. The van der Waals surface area contributed by atoms with Crippen LogP contribution in [0.1, 0.15) is 45.3 Å². The van der Waals surface area contributed by atoms with E-state index in [2.05, 4.69) is 36.3 Å². The van der Waals surface area contributed by atoms with Crippen molar-refractivity contribution >= 4 is 11.8 Å². The Morgan fingerprint density at radius 1 is 1.39 bits per heavy atom. The molecule has 1 heterocycles. The minimum absolute atomic E-state index is 0.196. The van der Waals surface area contributed by atoms with Crippen LogP contribution in [0.15, 0.2) is 23.2 Å². The number of rotatable bonds is 8. The van der Waals surface area contributed by atoms with Gasteiger partial charge in [-0.1, -0.05) is 20.8 Å². The van der Waals surface area contributed by atoms with Crippen molar-refractivity contribution in [3.05, 3.63) is 24.0 Å². The largest absolute Gasteiger partial charge is 0.395 e. The number of hydrogen-bond acceptors (Lipinski definition) is 4. The van der Waals surface area contributed by atoms with Crippen LogP contribution in [0.25, 0.3) is 0 Å². The standard InChI is InChI=1S/C14H24N2OS/c1-4-8-15-13(5-2)14-7-6-12(9-16-14)18-11(3)10-17/h6-7,9,11,13,15,17H,4-5,8,10H2,1-3H3. The second-order valence-corrected chi connectivity index (χ2v) is 5.96. The van der Waals surface area contributed by atoms with E-state index >= 15 is 0 Å². The van der Waals surface area contributed by atoms with E-state index in [1.807, 2.05) is 13.1 Å². The number of nitrogens with zero attached hydrogens (tertiary/aromatic N) is 1. The summed E-state index contributed by atoms with van der Waals surface area (Å²) in [7, 11) is 0. The van der Waals surface area contributed by atoms with E-state index in [9.17, 15) is 0 Å². The summed E-state index contributed by atoms with van der Waals surface area (Å²) < 4.78 is 0. The Hall–Kier alpha value is -0.580. The Kier molecular flexibility index (Phi) is 7.32. The summed E-state index contributed by atoms with van der Waals surface area (Å²) in [5.41, 5.74) is 1.10. The maximum atomic E-state index is 9.02. The highest BCUT2D eigenvalue weighted by molar-refractivity contribution is 8.00. The molecule has 0 bridgehead atoms. The Bertz CT molecular complexity index is 329. The van der Waals surface area contributed by atoms with E-state index in [0.717, 1.165) is 30.0 Å². The van der Waals surface area contributed by atoms with Crippen LogP contribution in [0.5, 0.6) is 0 Å². The molecule has 0 aliphatic heterocycles. The molecular formula is C14H24N2OS. The molecule has 0 radical (unpaired) electrons. The normalized spacial score (nSPS) is 14.4. The van der Waals surface area contributed by atoms with Crippen molar-refractivity contribution in [1.82, 2.24) is 10.3 Å². The van der Waals surface area contributed by atoms with Crippen molar-refractivity contribution in [2.45, 2.75) is 49.8 Å². The lowest BCUT2D eigenvalue weighted by atomic mass is 10.1. The summed E-state index contributed by atoms with van der Waals surface area (Å²) in [6, 6.07) is 4.53. The topological polar surface area (TPSA) is 45.1 Å². The van der Waals surface area contributed by atoms with E-state index < -0.39 is 0 Å². The lowest BCUT2D eigenvalue weighted by molar-refractivity contribution is 0.300. The molecule has 4 heteroatoms. The quantitative estimate of drug-likeness (QED) is 0.711. The summed E-state index contributed by atoms with van der Waals surface area (Å²) in [6.45, 7) is 7.57. The zero-order valence-electron chi connectivity index (χ0n) is 11.5. The van der Waals surface area contributed by atoms with Gasteiger partial charge < -0.3 is 10.4 Å². The third-order valence-corrected chi connectivity index (χ3v) is 3.82. The second kappa shape index (κ2) is 8.51. The molecule has 1 aromatic rings. The van der Waals surface area contributed by atoms with E-state index in [1.54, 1.807) is 11.8 Å². The van der Waals surface area contributed by atoms with Crippen LogP contribution in [0.2, 0.25) is 0 Å². The first-order chi connectivity index (χ1) is 8.71. The number of hydrogen-bond donors (Lipinski definition) is 2. The highest BCUT2D eigenvalue weighted by Gasteiger charge is 2.10. The van der Waals surface area contributed by atoms with Crippen molar-refractivity contribution in [2.75, 3.05) is 13.2 Å². The molecule has 2 unspecified atom stereocenters. The lowest BCUT2D eigenvalue weighted by Crippen LogP contribution is -2.22. The van der Waals surface area contributed by atoms with Gasteiger partial charge in [0.15, 0.2) is 0 Å². The molecule has 1 aromatic heterocycles. The molecule has 0 saturated carbocycles. The number of aromatic nitrogens is 1. The highest BCUT2D eigenvalue weighted by Crippen LogP contribution is 2.23. The fourth-order valence-electron chi connectivity index (χ4n) is 1.71. The van der Waals surface area contributed by atoms with Crippen LogP contribution in [0.4, 0.5) is 0 Å². The Labute approximate surface area is 114 Å². The molecule has 3 nitrogen and oxygen atoms in total. The number of aliphatic hydroxyl groups excluding tert-OH is 1. The molecule has 2 atom stereocenters. The van der Waals surface area contributed by atoms with Crippen molar-refractivity contribution in [3.63, 3.8) is 0 Å². The van der Waals surface area contributed by atoms with Crippen molar-refractivity contribution in [2.24, 2.45) is 0 Å². The Balaban J connectivity index is 2.62. The first-order valence-electron chi connectivity index (χ1n) is 6.68. The third-order valence-electron chi connectivity index (χ3n) is 2.76. The molecule has 0 saturated heterocycles. The van der Waals surface area contributed by atoms with Crippen LogP contribution < -0.4 is 5.32 Å². The first-order valence-corrected chi connectivity index (χ1v) is 7.56. The fourth-order valence-corrected chi connectivity index (χ4v) is 2.51. The van der Waals surface area contributed by atoms with Crippen molar-refractivity contribution in [1.29, 1.82) is 0 Å². The SMILES string of the molecule is CCCNC(CC)c1ccc(SC(C)CO)cn1. The van der Waals surface area contributed by atoms with Crippen LogP contribution in [0, 0.1) is 0 Å². The van der Waals surface area contributed by atoms with Crippen molar-refractivity contribution < 1.29 is 5.11 Å². The van der Waals surface area contributed by atoms with Gasteiger partial charge in [-0.3, -0.25) is 4.98 Å². The maximum Gasteiger partial charge on any atom is 0.0573 e. The first kappa shape index (κ1) is 15.5. The molecule has 102 valence electrons. The molecule has 0 spiro atoms. The van der Waals surface area contributed by atoms with Crippen LogP contribution in [-0.2, 0) is 0 Å². The predicted molar refractivity (Wildman–Crippen MR) is 78.0 cm³/mol. The summed E-state index contributed by atoms with van der Waals surface area (Å²) in [6.07, 6.45) is 4.09. The number of nitrogens with one attached hydrogen (secondary N) is 1. The predicted octanol–water partition coefficient (Wildman–Crippen LogP) is 3.01. The number of pyridine rings is 1. The van der Waals surface area contributed by atoms with Crippen LogP contribution >= 0.6 is 11.8 Å². The molecule has 0 amide bonds. The summed E-state index contributed by atoms with van der Waals surface area (Å²) in [5.74, 6) is 0. The van der Waals surface area contributed by atoms with E-state index in [0.29, 0.717) is 6.04 Å². The molecule has 1 rings (SSSR count). The average molecular weight is 268 g/mol. The molecule has 2 N–H and O–H groups in total. The van der Waals surface area contributed by atoms with Gasteiger partial charge in [-0.15, -0.1) is 11.8 Å². The fraction of sp³-hybridized carbons (Fsp3) is 0.643. The van der Waals surface area contributed by atoms with Gasteiger partial charge in [-0.25, -0.2) is 0 Å². The van der Waals surface area contributed by atoms with Gasteiger partial charge in [0.1, 0.15) is 0 Å². The molecule has 0 aromatic carbocycles. The van der Waals surface area contributed by atoms with Crippen LogP contribution in [-0.4, -0.2) is 28.5 Å². The number of aliphatic hydroxyl groups is 1. The minimum atomic E-state index is 0.196. The summed E-state index contributed by atoms with van der Waals surface area (Å²) in [5, 5.41) is 12.7. The van der Waals surface area contributed by atoms with Gasteiger partial charge in [0.25, 0.3) is 0 Å². The summed E-state index contributed by atoms with van der Waals surface area (Å²) >= 11 is 1.66. The third kappa shape index (κ3) is 4.96. The van der Waals surface area contributed by atoms with Crippen molar-refractivity contribution in [3.8, 4) is 0 Å². The van der Waals surface area contributed by atoms with Gasteiger partial charge in [0.05, 0.1) is 12.3 Å². The van der Waals surface area contributed by atoms with Gasteiger partial charge in [0.2, 0.25) is 0 Å². The highest BCUT2D eigenvalue weighted by atomic mass is 32.2. The molecule has 18 heavy (non-hydrogen) atoms. The average Bonchev–Trinajstić information content (AvgIpc) is 2.41. The second-order valence-electron chi connectivity index (χ2n) is 4.44. The monoisotopic (exact) mass is 268 g/mol. The molecular weight excluding hydrogens is 244 g/mol. The molecule has 0 aliphatic carbocycles. The maximum absolute atomic E-state index is 9.02. The summed E-state index contributed by atoms with van der Waals surface area (Å²) in [4.78, 5) is 5.64. The zero-order valence-corrected chi connectivity index (χ0v) is 12.3. The Morgan fingerprint density at radius 3 is 2.67 bits per heavy atom. The van der Waals surface area contributed by atoms with Gasteiger partial charge in [-0.05, 0) is 31.5 Å². The van der Waals surface area contributed by atoms with Gasteiger partial charge in [-0.2, -0.15) is 0 Å². The van der Waals surface area contributed by atoms with E-state index in [-0.39, 0.29) is 11.9 Å². The molecule has 0 aliphatic rings. The van der Waals surface area contributed by atoms with E-state index in [1.165, 1.54) is 0 Å². The minimum Gasteiger partial charge on any atom is -0.395 e. The van der Waals surface area contributed by atoms with Gasteiger partial charge >= 0.3 is 0 Å². The van der Waals surface area contributed by atoms with E-state index in [4.69, 9.17) is 5.11 Å². The lowest BCUT2D eigenvalue weighted by Gasteiger charge is -2.16.